The molecule has 2 rings (SSSR count). The quantitative estimate of drug-likeness (QED) is 0.914. The number of ether oxygens (including phenoxy) is 1. The van der Waals surface area contributed by atoms with Crippen molar-refractivity contribution in [2.24, 2.45) is 5.73 Å². The van der Waals surface area contributed by atoms with Gasteiger partial charge in [-0.2, -0.15) is 0 Å². The Morgan fingerprint density at radius 1 is 1.42 bits per heavy atom. The molecule has 0 radical (unpaired) electrons. The molecular weight excluding hydrogens is 264 g/mol. The molecule has 4 nitrogen and oxygen atoms in total. The van der Waals surface area contributed by atoms with Crippen molar-refractivity contribution in [1.29, 1.82) is 0 Å². The second kappa shape index (κ2) is 6.08. The van der Waals surface area contributed by atoms with Gasteiger partial charge in [0.25, 0.3) is 0 Å². The van der Waals surface area contributed by atoms with Crippen LogP contribution < -0.4 is 10.5 Å². The topological polar surface area (TPSA) is 61.3 Å². The van der Waals surface area contributed by atoms with Crippen LogP contribution in [0.2, 0.25) is 5.02 Å². The highest BCUT2D eigenvalue weighted by Gasteiger charge is 2.09. The van der Waals surface area contributed by atoms with Crippen molar-refractivity contribution in [2.75, 3.05) is 0 Å². The van der Waals surface area contributed by atoms with Crippen LogP contribution >= 0.6 is 11.6 Å². The lowest BCUT2D eigenvalue weighted by Gasteiger charge is -2.12. The lowest BCUT2D eigenvalue weighted by Crippen LogP contribution is -2.18. The number of hydrogen-bond acceptors (Lipinski definition) is 4. The van der Waals surface area contributed by atoms with E-state index in [1.54, 1.807) is 6.07 Å². The second-order valence-corrected chi connectivity index (χ2v) is 5.09. The molecule has 0 saturated carbocycles. The van der Waals surface area contributed by atoms with Gasteiger partial charge in [-0.3, -0.25) is 0 Å². The number of benzene rings is 1. The van der Waals surface area contributed by atoms with Crippen LogP contribution in [-0.2, 0) is 13.0 Å². The summed E-state index contributed by atoms with van der Waals surface area (Å²) >= 11 is 6.00. The highest BCUT2D eigenvalue weighted by atomic mass is 35.5. The fourth-order valence-corrected chi connectivity index (χ4v) is 2.02. The first-order valence-corrected chi connectivity index (χ1v) is 6.51. The molecule has 0 fully saturated rings. The number of aromatic nitrogens is 1. The summed E-state index contributed by atoms with van der Waals surface area (Å²) in [5.41, 5.74) is 7.66. The zero-order chi connectivity index (χ0) is 13.8. The summed E-state index contributed by atoms with van der Waals surface area (Å²) in [6.45, 7) is 4.16. The Labute approximate surface area is 117 Å². The predicted molar refractivity (Wildman–Crippen MR) is 74.4 cm³/mol. The number of nitrogens with two attached hydrogens (primary N) is 1. The van der Waals surface area contributed by atoms with Crippen LogP contribution in [0.4, 0.5) is 0 Å². The molecule has 1 aromatic heterocycles. The van der Waals surface area contributed by atoms with Gasteiger partial charge in [0.05, 0.1) is 5.69 Å². The van der Waals surface area contributed by atoms with Crippen molar-refractivity contribution >= 4 is 11.6 Å². The van der Waals surface area contributed by atoms with E-state index >= 15 is 0 Å². The zero-order valence-electron chi connectivity index (χ0n) is 11.0. The minimum atomic E-state index is 0.0494. The van der Waals surface area contributed by atoms with Gasteiger partial charge in [0.15, 0.2) is 5.76 Å². The monoisotopic (exact) mass is 280 g/mol. The van der Waals surface area contributed by atoms with Crippen LogP contribution in [-0.4, -0.2) is 11.2 Å². The first kappa shape index (κ1) is 13.9. The van der Waals surface area contributed by atoms with Crippen molar-refractivity contribution in [1.82, 2.24) is 5.16 Å². The molecule has 1 unspecified atom stereocenters. The zero-order valence-corrected chi connectivity index (χ0v) is 11.8. The normalized spacial score (nSPS) is 12.4. The van der Waals surface area contributed by atoms with Gasteiger partial charge in [-0.15, -0.1) is 0 Å². The molecule has 1 aromatic carbocycles. The van der Waals surface area contributed by atoms with E-state index in [1.165, 1.54) is 0 Å². The number of rotatable bonds is 5. The number of halogens is 1. The smallest absolute Gasteiger partial charge is 0.174 e. The van der Waals surface area contributed by atoms with E-state index in [1.807, 2.05) is 32.0 Å². The molecule has 0 spiro atoms. The summed E-state index contributed by atoms with van der Waals surface area (Å²) in [6, 6.07) is 7.43. The first-order valence-electron chi connectivity index (χ1n) is 6.13. The Morgan fingerprint density at radius 3 is 2.84 bits per heavy atom. The van der Waals surface area contributed by atoms with Crippen LogP contribution in [0, 0.1) is 6.92 Å². The molecule has 0 amide bonds. The first-order chi connectivity index (χ1) is 9.04. The molecule has 19 heavy (non-hydrogen) atoms. The van der Waals surface area contributed by atoms with E-state index in [9.17, 15) is 0 Å². The molecule has 0 aliphatic rings. The Bertz CT molecular complexity index is 552. The van der Waals surface area contributed by atoms with Crippen molar-refractivity contribution < 1.29 is 9.26 Å². The molecule has 1 atom stereocenters. The molecule has 0 aliphatic carbocycles. The molecule has 0 bridgehead atoms. The average molecular weight is 281 g/mol. The summed E-state index contributed by atoms with van der Waals surface area (Å²) in [5, 5.41) is 4.50. The fraction of sp³-hybridized carbons (Fsp3) is 0.357. The van der Waals surface area contributed by atoms with Gasteiger partial charge in [0, 0.05) is 17.1 Å². The van der Waals surface area contributed by atoms with Gasteiger partial charge in [0.1, 0.15) is 12.4 Å². The van der Waals surface area contributed by atoms with E-state index in [2.05, 4.69) is 5.16 Å². The van der Waals surface area contributed by atoms with E-state index in [0.29, 0.717) is 23.8 Å². The van der Waals surface area contributed by atoms with Gasteiger partial charge >= 0.3 is 0 Å². The van der Waals surface area contributed by atoms with Crippen molar-refractivity contribution in [3.05, 3.63) is 46.3 Å². The highest BCUT2D eigenvalue weighted by Crippen LogP contribution is 2.25. The third-order valence-electron chi connectivity index (χ3n) is 2.61. The summed E-state index contributed by atoms with van der Waals surface area (Å²) in [5.74, 6) is 1.47. The molecule has 102 valence electrons. The molecular formula is C14H17ClN2O2. The summed E-state index contributed by atoms with van der Waals surface area (Å²) in [4.78, 5) is 0. The highest BCUT2D eigenvalue weighted by molar-refractivity contribution is 6.30. The summed E-state index contributed by atoms with van der Waals surface area (Å²) in [6.07, 6.45) is 0.714. The van der Waals surface area contributed by atoms with Crippen molar-refractivity contribution in [3.8, 4) is 5.75 Å². The Morgan fingerprint density at radius 2 is 2.21 bits per heavy atom. The Kier molecular flexibility index (Phi) is 4.45. The fourth-order valence-electron chi connectivity index (χ4n) is 1.83. The van der Waals surface area contributed by atoms with E-state index < -0.39 is 0 Å². The average Bonchev–Trinajstić information content (AvgIpc) is 2.73. The largest absolute Gasteiger partial charge is 0.485 e. The lowest BCUT2D eigenvalue weighted by molar-refractivity contribution is 0.246. The summed E-state index contributed by atoms with van der Waals surface area (Å²) < 4.78 is 10.8. The van der Waals surface area contributed by atoms with E-state index in [0.717, 1.165) is 17.0 Å². The maximum absolute atomic E-state index is 6.00. The van der Waals surface area contributed by atoms with Crippen LogP contribution in [0.5, 0.6) is 5.75 Å². The predicted octanol–water partition coefficient (Wildman–Crippen LogP) is 3.11. The van der Waals surface area contributed by atoms with Crippen LogP contribution in [0.25, 0.3) is 0 Å². The van der Waals surface area contributed by atoms with Gasteiger partial charge in [-0.25, -0.2) is 0 Å². The summed E-state index contributed by atoms with van der Waals surface area (Å²) in [7, 11) is 0. The molecule has 5 heteroatoms. The van der Waals surface area contributed by atoms with Crippen molar-refractivity contribution in [3.63, 3.8) is 0 Å². The van der Waals surface area contributed by atoms with Crippen LogP contribution in [0.1, 0.15) is 23.9 Å². The maximum atomic E-state index is 6.00. The third kappa shape index (κ3) is 3.98. The SMILES string of the molecule is Cc1cc(COc2ccc(Cl)cc2CC(C)N)on1. The van der Waals surface area contributed by atoms with Gasteiger partial charge in [-0.05, 0) is 44.0 Å². The van der Waals surface area contributed by atoms with Gasteiger partial charge < -0.3 is 15.0 Å². The van der Waals surface area contributed by atoms with Crippen molar-refractivity contribution in [2.45, 2.75) is 32.9 Å². The number of hydrogen-bond donors (Lipinski definition) is 1. The maximum Gasteiger partial charge on any atom is 0.174 e. The molecule has 0 saturated heterocycles. The van der Waals surface area contributed by atoms with Gasteiger partial charge in [0.2, 0.25) is 0 Å². The van der Waals surface area contributed by atoms with Crippen LogP contribution in [0.15, 0.2) is 28.8 Å². The molecule has 2 N–H and O–H groups in total. The number of nitrogens with zero attached hydrogens (tertiary/aromatic N) is 1. The minimum absolute atomic E-state index is 0.0494. The Hall–Kier alpha value is -1.52. The van der Waals surface area contributed by atoms with Crippen LogP contribution in [0.3, 0.4) is 0 Å². The molecule has 2 aromatic rings. The number of aryl methyl sites for hydroxylation is 1. The molecule has 1 heterocycles. The Balaban J connectivity index is 2.10. The van der Waals surface area contributed by atoms with E-state index in [-0.39, 0.29) is 6.04 Å². The van der Waals surface area contributed by atoms with E-state index in [4.69, 9.17) is 26.6 Å². The third-order valence-corrected chi connectivity index (χ3v) is 2.85. The minimum Gasteiger partial charge on any atom is -0.485 e. The lowest BCUT2D eigenvalue weighted by atomic mass is 10.1. The second-order valence-electron chi connectivity index (χ2n) is 4.66. The van der Waals surface area contributed by atoms with Gasteiger partial charge in [-0.1, -0.05) is 16.8 Å². The molecule has 0 aliphatic heterocycles. The standard InChI is InChI=1S/C14H17ClN2O2/c1-9(16)5-11-7-12(15)3-4-14(11)18-8-13-6-10(2)17-19-13/h3-4,6-7,9H,5,8,16H2,1-2H3.